The Hall–Kier alpha value is -3.69. The van der Waals surface area contributed by atoms with Gasteiger partial charge in [-0.1, -0.05) is 6.07 Å². The van der Waals surface area contributed by atoms with Gasteiger partial charge in [-0.15, -0.1) is 0 Å². The lowest BCUT2D eigenvalue weighted by molar-refractivity contribution is 0.0864. The van der Waals surface area contributed by atoms with E-state index in [4.69, 9.17) is 5.11 Å². The topological polar surface area (TPSA) is 129 Å². The lowest BCUT2D eigenvalue weighted by atomic mass is 10.0. The third kappa shape index (κ3) is 3.36. The molecular formula is C17H17N7O3. The minimum absolute atomic E-state index is 0.233. The van der Waals surface area contributed by atoms with E-state index < -0.39 is 6.09 Å². The number of pyridine rings is 1. The standard InChI is InChI=1S/C17H17N7O3/c25-16-13(12-2-1-3-18-6-12)7-22-24(16)15-4-14(20-10-21-15)19-5-11-8-23(9-11)17(26)27/h1-4,6-7,10-11,22H,5,8-9H2,(H,26,27)(H,19,20,21). The largest absolute Gasteiger partial charge is 0.465 e. The molecule has 3 N–H and O–H groups in total. The molecule has 10 heteroatoms. The van der Waals surface area contributed by atoms with E-state index >= 15 is 0 Å². The Balaban J connectivity index is 1.48. The fourth-order valence-corrected chi connectivity index (χ4v) is 2.94. The number of amides is 1. The van der Waals surface area contributed by atoms with Gasteiger partial charge in [0, 0.05) is 55.8 Å². The van der Waals surface area contributed by atoms with Crippen LogP contribution in [0, 0.1) is 5.92 Å². The van der Waals surface area contributed by atoms with E-state index in [2.05, 4.69) is 25.4 Å². The van der Waals surface area contributed by atoms with Crippen molar-refractivity contribution in [2.75, 3.05) is 25.0 Å². The number of nitrogens with one attached hydrogen (secondary N) is 2. The van der Waals surface area contributed by atoms with Crippen molar-refractivity contribution in [2.24, 2.45) is 5.92 Å². The Bertz CT molecular complexity index is 1010. The fourth-order valence-electron chi connectivity index (χ4n) is 2.94. The van der Waals surface area contributed by atoms with Crippen LogP contribution in [0.1, 0.15) is 0 Å². The van der Waals surface area contributed by atoms with Crippen LogP contribution in [0.4, 0.5) is 10.6 Å². The highest BCUT2D eigenvalue weighted by Crippen LogP contribution is 2.17. The van der Waals surface area contributed by atoms with Gasteiger partial charge in [-0.3, -0.25) is 14.9 Å². The first kappa shape index (κ1) is 16.8. The molecule has 0 bridgehead atoms. The van der Waals surface area contributed by atoms with Gasteiger partial charge in [0.1, 0.15) is 12.1 Å². The van der Waals surface area contributed by atoms with Crippen molar-refractivity contribution in [1.82, 2.24) is 29.6 Å². The molecule has 138 valence electrons. The summed E-state index contributed by atoms with van der Waals surface area (Å²) in [6.07, 6.45) is 5.36. The van der Waals surface area contributed by atoms with Crippen molar-refractivity contribution in [3.05, 3.63) is 53.5 Å². The maximum Gasteiger partial charge on any atom is 0.407 e. The molecule has 27 heavy (non-hydrogen) atoms. The summed E-state index contributed by atoms with van der Waals surface area (Å²) in [4.78, 5) is 37.1. The van der Waals surface area contributed by atoms with Crippen LogP contribution >= 0.6 is 0 Å². The first-order valence-corrected chi connectivity index (χ1v) is 8.37. The lowest BCUT2D eigenvalue weighted by Crippen LogP contribution is -2.51. The van der Waals surface area contributed by atoms with E-state index in [-0.39, 0.29) is 11.5 Å². The van der Waals surface area contributed by atoms with Crippen molar-refractivity contribution in [1.29, 1.82) is 0 Å². The lowest BCUT2D eigenvalue weighted by Gasteiger charge is -2.37. The van der Waals surface area contributed by atoms with Gasteiger partial charge in [0.05, 0.1) is 5.56 Å². The normalized spacial score (nSPS) is 14.0. The van der Waals surface area contributed by atoms with Crippen LogP contribution in [0.2, 0.25) is 0 Å². The highest BCUT2D eigenvalue weighted by molar-refractivity contribution is 5.66. The van der Waals surface area contributed by atoms with Crippen LogP contribution in [0.15, 0.2) is 47.9 Å². The molecule has 0 spiro atoms. The molecule has 4 rings (SSSR count). The van der Waals surface area contributed by atoms with E-state index in [0.717, 1.165) is 5.56 Å². The Kier molecular flexibility index (Phi) is 4.29. The van der Waals surface area contributed by atoms with E-state index in [1.165, 1.54) is 15.9 Å². The van der Waals surface area contributed by atoms with Gasteiger partial charge in [-0.2, -0.15) is 0 Å². The quantitative estimate of drug-likeness (QED) is 0.614. The summed E-state index contributed by atoms with van der Waals surface area (Å²) >= 11 is 0. The molecule has 0 aromatic carbocycles. The first-order chi connectivity index (χ1) is 13.1. The molecule has 10 nitrogen and oxygen atoms in total. The van der Waals surface area contributed by atoms with Crippen LogP contribution in [0.5, 0.6) is 0 Å². The molecule has 0 unspecified atom stereocenters. The molecule has 0 atom stereocenters. The highest BCUT2D eigenvalue weighted by Gasteiger charge is 2.30. The van der Waals surface area contributed by atoms with Crippen molar-refractivity contribution >= 4 is 11.9 Å². The summed E-state index contributed by atoms with van der Waals surface area (Å²) < 4.78 is 1.34. The van der Waals surface area contributed by atoms with Crippen LogP contribution in [0.3, 0.4) is 0 Å². The predicted molar refractivity (Wildman–Crippen MR) is 96.8 cm³/mol. The van der Waals surface area contributed by atoms with Crippen molar-refractivity contribution in [2.45, 2.75) is 0 Å². The summed E-state index contributed by atoms with van der Waals surface area (Å²) in [6, 6.07) is 5.25. The van der Waals surface area contributed by atoms with Crippen LogP contribution < -0.4 is 10.9 Å². The Morgan fingerprint density at radius 1 is 1.37 bits per heavy atom. The molecule has 1 aliphatic heterocycles. The summed E-state index contributed by atoms with van der Waals surface area (Å²) in [6.45, 7) is 1.61. The zero-order chi connectivity index (χ0) is 18.8. The van der Waals surface area contributed by atoms with Crippen LogP contribution in [-0.2, 0) is 0 Å². The summed E-state index contributed by atoms with van der Waals surface area (Å²) in [5.74, 6) is 1.22. The number of hydrogen-bond acceptors (Lipinski definition) is 6. The van der Waals surface area contributed by atoms with Gasteiger partial charge >= 0.3 is 6.09 Å². The second kappa shape index (κ2) is 6.90. The average molecular weight is 367 g/mol. The third-order valence-electron chi connectivity index (χ3n) is 4.43. The smallest absolute Gasteiger partial charge is 0.407 e. The molecule has 1 amide bonds. The monoisotopic (exact) mass is 367 g/mol. The summed E-state index contributed by atoms with van der Waals surface area (Å²) in [5.41, 5.74) is 0.987. The van der Waals surface area contributed by atoms with Gasteiger partial charge < -0.3 is 15.3 Å². The number of carboxylic acid groups (broad SMARTS) is 1. The van der Waals surface area contributed by atoms with Gasteiger partial charge in [0.2, 0.25) is 0 Å². The molecule has 0 aliphatic carbocycles. The van der Waals surface area contributed by atoms with E-state index in [9.17, 15) is 9.59 Å². The van der Waals surface area contributed by atoms with E-state index in [1.807, 2.05) is 6.07 Å². The third-order valence-corrected chi connectivity index (χ3v) is 4.43. The second-order valence-corrected chi connectivity index (χ2v) is 6.27. The van der Waals surface area contributed by atoms with Crippen molar-refractivity contribution < 1.29 is 9.90 Å². The van der Waals surface area contributed by atoms with E-state index in [0.29, 0.717) is 36.8 Å². The maximum atomic E-state index is 12.7. The second-order valence-electron chi connectivity index (χ2n) is 6.27. The van der Waals surface area contributed by atoms with Crippen LogP contribution in [0.25, 0.3) is 16.9 Å². The van der Waals surface area contributed by atoms with Crippen LogP contribution in [-0.4, -0.2) is 60.5 Å². The maximum absolute atomic E-state index is 12.7. The number of carbonyl (C=O) groups is 1. The highest BCUT2D eigenvalue weighted by atomic mass is 16.4. The van der Waals surface area contributed by atoms with Gasteiger partial charge in [0.15, 0.2) is 5.82 Å². The Labute approximate surface area is 153 Å². The molecule has 1 aliphatic rings. The molecule has 1 saturated heterocycles. The average Bonchev–Trinajstić information content (AvgIpc) is 3.02. The van der Waals surface area contributed by atoms with Gasteiger partial charge in [0.25, 0.3) is 5.56 Å². The van der Waals surface area contributed by atoms with Crippen molar-refractivity contribution in [3.63, 3.8) is 0 Å². The number of nitrogens with zero attached hydrogens (tertiary/aromatic N) is 5. The molecule has 0 saturated carbocycles. The number of aromatic nitrogens is 5. The summed E-state index contributed by atoms with van der Waals surface area (Å²) in [7, 11) is 0. The Morgan fingerprint density at radius 2 is 2.22 bits per heavy atom. The van der Waals surface area contributed by atoms with Gasteiger partial charge in [-0.05, 0) is 6.07 Å². The molecule has 3 aromatic rings. The minimum Gasteiger partial charge on any atom is -0.465 e. The number of H-pyrrole nitrogens is 1. The number of likely N-dealkylation sites (tertiary alicyclic amines) is 1. The zero-order valence-corrected chi connectivity index (χ0v) is 14.2. The minimum atomic E-state index is -0.897. The van der Waals surface area contributed by atoms with Crippen molar-refractivity contribution in [3.8, 4) is 16.9 Å². The number of hydrogen-bond donors (Lipinski definition) is 3. The Morgan fingerprint density at radius 3 is 2.96 bits per heavy atom. The predicted octanol–water partition coefficient (Wildman–Crippen LogP) is 1.04. The summed E-state index contributed by atoms with van der Waals surface area (Å²) in [5, 5.41) is 14.9. The molecule has 0 radical (unpaired) electrons. The molecular weight excluding hydrogens is 350 g/mol. The van der Waals surface area contributed by atoms with E-state index in [1.54, 1.807) is 30.7 Å². The molecule has 3 aromatic heterocycles. The SMILES string of the molecule is O=C(O)N1CC(CNc2cc(-n3[nH]cc(-c4cccnc4)c3=O)ncn2)C1. The molecule has 4 heterocycles. The fraction of sp³-hybridized carbons (Fsp3) is 0.235. The number of anilines is 1. The van der Waals surface area contributed by atoms with Gasteiger partial charge in [-0.25, -0.2) is 19.4 Å². The number of rotatable bonds is 5. The number of aromatic amines is 1. The zero-order valence-electron chi connectivity index (χ0n) is 14.2. The first-order valence-electron chi connectivity index (χ1n) is 8.37. The molecule has 1 fully saturated rings.